The fourth-order valence-corrected chi connectivity index (χ4v) is 1.15. The van der Waals surface area contributed by atoms with Crippen molar-refractivity contribution >= 4 is 23.4 Å². The average Bonchev–Trinajstić information content (AvgIpc) is 2.30. The Kier molecular flexibility index (Phi) is 4.24. The minimum Gasteiger partial charge on any atom is -0.495 e. The Labute approximate surface area is 93.1 Å². The molecule has 0 aliphatic heterocycles. The Bertz CT molecular complexity index is 437. The van der Waals surface area contributed by atoms with E-state index < -0.39 is 0 Å². The summed E-state index contributed by atoms with van der Waals surface area (Å²) in [6.07, 6.45) is 1.80. The van der Waals surface area contributed by atoms with Crippen LogP contribution < -0.4 is 10.1 Å². The van der Waals surface area contributed by atoms with E-state index in [0.29, 0.717) is 23.5 Å². The van der Waals surface area contributed by atoms with Gasteiger partial charge in [-0.15, -0.1) is 0 Å². The van der Waals surface area contributed by atoms with Crippen molar-refractivity contribution in [2.24, 2.45) is 4.99 Å². The summed E-state index contributed by atoms with van der Waals surface area (Å²) in [6.45, 7) is 1.75. The summed E-state index contributed by atoms with van der Waals surface area (Å²) in [5.74, 6) is 0.386. The third-order valence-corrected chi connectivity index (χ3v) is 1.95. The Morgan fingerprint density at radius 3 is 2.88 bits per heavy atom. The van der Waals surface area contributed by atoms with Gasteiger partial charge in [0.2, 0.25) is 12.0 Å². The smallest absolute Gasteiger partial charge is 0.240 e. The van der Waals surface area contributed by atoms with Crippen molar-refractivity contribution in [2.75, 3.05) is 12.4 Å². The molecule has 0 fully saturated rings. The van der Waals surface area contributed by atoms with Gasteiger partial charge < -0.3 is 10.1 Å². The number of anilines is 1. The van der Waals surface area contributed by atoms with E-state index in [1.165, 1.54) is 13.2 Å². The average molecular weight is 220 g/mol. The number of rotatable bonds is 4. The number of benzene rings is 1. The predicted octanol–water partition coefficient (Wildman–Crippen LogP) is 2.01. The van der Waals surface area contributed by atoms with Crippen LogP contribution >= 0.6 is 0 Å². The third kappa shape index (κ3) is 2.93. The molecule has 1 aromatic carbocycles. The van der Waals surface area contributed by atoms with Crippen LogP contribution in [-0.2, 0) is 9.59 Å². The largest absolute Gasteiger partial charge is 0.495 e. The molecule has 0 aromatic heterocycles. The molecule has 16 heavy (non-hydrogen) atoms. The van der Waals surface area contributed by atoms with Gasteiger partial charge in [0.25, 0.3) is 0 Å². The highest BCUT2D eigenvalue weighted by atomic mass is 16.5. The van der Waals surface area contributed by atoms with E-state index in [4.69, 9.17) is 4.74 Å². The molecule has 0 heterocycles. The van der Waals surface area contributed by atoms with E-state index in [-0.39, 0.29) is 5.91 Å². The van der Waals surface area contributed by atoms with Gasteiger partial charge in [-0.2, -0.15) is 4.99 Å². The topological polar surface area (TPSA) is 67.8 Å². The van der Waals surface area contributed by atoms with E-state index >= 15 is 0 Å². The first-order valence-corrected chi connectivity index (χ1v) is 4.77. The second-order valence-electron chi connectivity index (χ2n) is 2.99. The van der Waals surface area contributed by atoms with Gasteiger partial charge in [-0.1, -0.05) is 6.92 Å². The van der Waals surface area contributed by atoms with Gasteiger partial charge in [0.05, 0.1) is 18.5 Å². The minimum absolute atomic E-state index is 0.134. The molecule has 0 saturated carbocycles. The number of amides is 1. The number of carbonyl (C=O) groups is 1. The Morgan fingerprint density at radius 1 is 1.56 bits per heavy atom. The van der Waals surface area contributed by atoms with Crippen molar-refractivity contribution in [3.8, 4) is 5.75 Å². The zero-order chi connectivity index (χ0) is 12.0. The van der Waals surface area contributed by atoms with Crippen molar-refractivity contribution < 1.29 is 14.3 Å². The summed E-state index contributed by atoms with van der Waals surface area (Å²) in [5.41, 5.74) is 0.910. The molecule has 84 valence electrons. The predicted molar refractivity (Wildman–Crippen MR) is 59.7 cm³/mol. The molecule has 5 nitrogen and oxygen atoms in total. The number of isocyanates is 1. The molecule has 1 amide bonds. The highest BCUT2D eigenvalue weighted by Gasteiger charge is 2.06. The van der Waals surface area contributed by atoms with Crippen LogP contribution in [0, 0.1) is 0 Å². The molecule has 0 radical (unpaired) electrons. The van der Waals surface area contributed by atoms with Gasteiger partial charge in [0.15, 0.2) is 0 Å². The van der Waals surface area contributed by atoms with Crippen LogP contribution in [-0.4, -0.2) is 19.1 Å². The van der Waals surface area contributed by atoms with Gasteiger partial charge in [-0.25, -0.2) is 4.79 Å². The first-order valence-electron chi connectivity index (χ1n) is 4.77. The summed E-state index contributed by atoms with van der Waals surface area (Å²) in [6, 6.07) is 4.78. The normalized spacial score (nSPS) is 9.12. The number of ether oxygens (including phenoxy) is 1. The van der Waals surface area contributed by atoms with Crippen molar-refractivity contribution in [2.45, 2.75) is 13.3 Å². The van der Waals surface area contributed by atoms with Gasteiger partial charge in [0.1, 0.15) is 5.75 Å². The minimum atomic E-state index is -0.134. The fraction of sp³-hybridized carbons (Fsp3) is 0.273. The van der Waals surface area contributed by atoms with E-state index in [9.17, 15) is 9.59 Å². The van der Waals surface area contributed by atoms with Crippen molar-refractivity contribution in [1.29, 1.82) is 0 Å². The number of nitrogens with one attached hydrogen (secondary N) is 1. The molecule has 0 saturated heterocycles. The molecule has 0 atom stereocenters. The molecule has 0 bridgehead atoms. The molecule has 0 aliphatic carbocycles. The highest BCUT2D eigenvalue weighted by molar-refractivity contribution is 5.92. The molecular formula is C11H12N2O3. The zero-order valence-corrected chi connectivity index (χ0v) is 9.11. The first-order chi connectivity index (χ1) is 7.71. The van der Waals surface area contributed by atoms with E-state index in [1.54, 1.807) is 25.1 Å². The van der Waals surface area contributed by atoms with E-state index in [1.807, 2.05) is 0 Å². The molecule has 1 N–H and O–H groups in total. The van der Waals surface area contributed by atoms with Gasteiger partial charge >= 0.3 is 0 Å². The summed E-state index contributed by atoms with van der Waals surface area (Å²) < 4.78 is 5.07. The quantitative estimate of drug-likeness (QED) is 0.623. The lowest BCUT2D eigenvalue weighted by atomic mass is 10.2. The van der Waals surface area contributed by atoms with Crippen LogP contribution in [0.25, 0.3) is 0 Å². The number of aliphatic imine (C=N–C) groups is 1. The summed E-state index contributed by atoms with van der Waals surface area (Å²) in [7, 11) is 1.50. The maximum Gasteiger partial charge on any atom is 0.240 e. The zero-order valence-electron chi connectivity index (χ0n) is 9.11. The number of hydrogen-bond acceptors (Lipinski definition) is 4. The molecule has 1 aromatic rings. The highest BCUT2D eigenvalue weighted by Crippen LogP contribution is 2.28. The maximum absolute atomic E-state index is 11.2. The summed E-state index contributed by atoms with van der Waals surface area (Å²) >= 11 is 0. The van der Waals surface area contributed by atoms with Crippen molar-refractivity contribution in [1.82, 2.24) is 0 Å². The number of nitrogens with zero attached hydrogens (tertiary/aromatic N) is 1. The molecule has 1 rings (SSSR count). The van der Waals surface area contributed by atoms with Gasteiger partial charge in [-0.05, 0) is 18.2 Å². The van der Waals surface area contributed by atoms with Crippen molar-refractivity contribution in [3.05, 3.63) is 18.2 Å². The first kappa shape index (κ1) is 11.9. The summed E-state index contributed by atoms with van der Waals surface area (Å²) in [4.78, 5) is 24.8. The molecule has 5 heteroatoms. The monoisotopic (exact) mass is 220 g/mol. The second kappa shape index (κ2) is 5.68. The molecule has 0 spiro atoms. The second-order valence-corrected chi connectivity index (χ2v) is 2.99. The number of carbonyl (C=O) groups excluding carboxylic acids is 2. The number of methoxy groups -OCH3 is 1. The standard InChI is InChI=1S/C11H12N2O3/c1-3-11(15)13-9-6-8(12-7-14)4-5-10(9)16-2/h4-6H,3H2,1-2H3,(H,13,15). The molecule has 0 unspecified atom stereocenters. The molecular weight excluding hydrogens is 208 g/mol. The van der Waals surface area contributed by atoms with E-state index in [2.05, 4.69) is 10.3 Å². The van der Waals surface area contributed by atoms with Gasteiger partial charge in [0, 0.05) is 6.42 Å². The van der Waals surface area contributed by atoms with Crippen LogP contribution in [0.5, 0.6) is 5.75 Å². The lowest BCUT2D eigenvalue weighted by Crippen LogP contribution is -2.10. The van der Waals surface area contributed by atoms with E-state index in [0.717, 1.165) is 0 Å². The SMILES string of the molecule is CCC(=O)Nc1cc(N=C=O)ccc1OC. The van der Waals surface area contributed by atoms with Crippen LogP contribution in [0.2, 0.25) is 0 Å². The van der Waals surface area contributed by atoms with Crippen LogP contribution in [0.15, 0.2) is 23.2 Å². The van der Waals surface area contributed by atoms with Gasteiger partial charge in [-0.3, -0.25) is 4.79 Å². The van der Waals surface area contributed by atoms with Crippen LogP contribution in [0.1, 0.15) is 13.3 Å². The fourth-order valence-electron chi connectivity index (χ4n) is 1.15. The number of hydrogen-bond donors (Lipinski definition) is 1. The Morgan fingerprint density at radius 2 is 2.31 bits per heavy atom. The van der Waals surface area contributed by atoms with Crippen LogP contribution in [0.4, 0.5) is 11.4 Å². The summed E-state index contributed by atoms with van der Waals surface area (Å²) in [5, 5.41) is 2.66. The molecule has 0 aliphatic rings. The lowest BCUT2D eigenvalue weighted by molar-refractivity contribution is -0.115. The lowest BCUT2D eigenvalue weighted by Gasteiger charge is -2.09. The third-order valence-electron chi connectivity index (χ3n) is 1.95. The maximum atomic E-state index is 11.2. The Balaban J connectivity index is 3.06. The van der Waals surface area contributed by atoms with Crippen LogP contribution in [0.3, 0.4) is 0 Å². The Hall–Kier alpha value is -2.13. The van der Waals surface area contributed by atoms with Crippen molar-refractivity contribution in [3.63, 3.8) is 0 Å².